The first-order chi connectivity index (χ1) is 14.8. The lowest BCUT2D eigenvalue weighted by Crippen LogP contribution is -2.29. The first kappa shape index (κ1) is 21.7. The summed E-state index contributed by atoms with van der Waals surface area (Å²) in [6.45, 7) is 0.476. The van der Waals surface area contributed by atoms with Crippen molar-refractivity contribution >= 4 is 62.3 Å². The number of nitrogens with zero attached hydrogens (tertiary/aromatic N) is 2. The summed E-state index contributed by atoms with van der Waals surface area (Å²) in [7, 11) is -4.10. The minimum Gasteiger partial charge on any atom is -0.322 e. The molecule has 2 N–H and O–H groups in total. The third-order valence-electron chi connectivity index (χ3n) is 4.40. The molecule has 0 saturated carbocycles. The summed E-state index contributed by atoms with van der Waals surface area (Å²) in [5, 5.41) is 3.26. The SMILES string of the molecule is O=C(Nc1ccc(Cl)c(S(=O)(=O)Nc2ccccc2Cl)c1)c1cnc2n(c1=O)CCS2. The average Bonchev–Trinajstić information content (AvgIpc) is 3.21. The standard InChI is InChI=1S/C19H14Cl2N4O4S2/c20-13-3-1-2-4-15(13)24-31(28,29)16-9-11(5-6-14(16)21)23-17(26)12-10-22-19-25(18(12)27)7-8-30-19/h1-6,9-10,24H,7-8H2,(H,23,26). The molecule has 4 rings (SSSR count). The van der Waals surface area contributed by atoms with E-state index in [0.717, 1.165) is 0 Å². The highest BCUT2D eigenvalue weighted by molar-refractivity contribution is 7.99. The molecule has 1 aliphatic rings. The molecule has 31 heavy (non-hydrogen) atoms. The number of carbonyl (C=O) groups excluding carboxylic acids is 1. The molecule has 0 aliphatic carbocycles. The number of amides is 1. The molecule has 3 aromatic rings. The molecule has 160 valence electrons. The average molecular weight is 497 g/mol. The Kier molecular flexibility index (Phi) is 5.98. The fraction of sp³-hybridized carbons (Fsp3) is 0.105. The largest absolute Gasteiger partial charge is 0.322 e. The van der Waals surface area contributed by atoms with Gasteiger partial charge in [0.05, 0.1) is 15.7 Å². The molecule has 0 atom stereocenters. The predicted octanol–water partition coefficient (Wildman–Crippen LogP) is 3.71. The van der Waals surface area contributed by atoms with Crippen LogP contribution < -0.4 is 15.6 Å². The Morgan fingerprint density at radius 3 is 2.68 bits per heavy atom. The summed E-state index contributed by atoms with van der Waals surface area (Å²) < 4.78 is 29.5. The number of para-hydroxylation sites is 1. The van der Waals surface area contributed by atoms with Crippen molar-refractivity contribution in [1.82, 2.24) is 9.55 Å². The van der Waals surface area contributed by atoms with Gasteiger partial charge in [0.1, 0.15) is 10.5 Å². The highest BCUT2D eigenvalue weighted by Gasteiger charge is 2.22. The number of rotatable bonds is 5. The first-order valence-electron chi connectivity index (χ1n) is 8.87. The van der Waals surface area contributed by atoms with Crippen LogP contribution in [0.4, 0.5) is 11.4 Å². The molecule has 1 aromatic heterocycles. The van der Waals surface area contributed by atoms with Gasteiger partial charge in [-0.3, -0.25) is 18.9 Å². The number of sulfonamides is 1. The number of anilines is 2. The summed E-state index contributed by atoms with van der Waals surface area (Å²) in [5.74, 6) is 0.0128. The van der Waals surface area contributed by atoms with E-state index in [-0.39, 0.29) is 31.9 Å². The quantitative estimate of drug-likeness (QED) is 0.520. The molecule has 0 bridgehead atoms. The van der Waals surface area contributed by atoms with Gasteiger partial charge in [-0.15, -0.1) is 0 Å². The van der Waals surface area contributed by atoms with Gasteiger partial charge in [-0.1, -0.05) is 47.1 Å². The highest BCUT2D eigenvalue weighted by atomic mass is 35.5. The minimum atomic E-state index is -4.10. The second kappa shape index (κ2) is 8.54. The topological polar surface area (TPSA) is 110 Å². The molecular weight excluding hydrogens is 483 g/mol. The molecule has 2 heterocycles. The third-order valence-corrected chi connectivity index (χ3v) is 7.55. The van der Waals surface area contributed by atoms with Crippen molar-refractivity contribution in [3.8, 4) is 0 Å². The van der Waals surface area contributed by atoms with Crippen LogP contribution in [0.3, 0.4) is 0 Å². The number of thioether (sulfide) groups is 1. The molecule has 0 saturated heterocycles. The lowest BCUT2D eigenvalue weighted by Gasteiger charge is -2.13. The smallest absolute Gasteiger partial charge is 0.267 e. The molecule has 8 nitrogen and oxygen atoms in total. The Labute approximate surface area is 191 Å². The van der Waals surface area contributed by atoms with Gasteiger partial charge in [-0.05, 0) is 30.3 Å². The maximum Gasteiger partial charge on any atom is 0.267 e. The zero-order chi connectivity index (χ0) is 22.2. The van der Waals surface area contributed by atoms with Gasteiger partial charge in [0, 0.05) is 24.2 Å². The van der Waals surface area contributed by atoms with Gasteiger partial charge in [-0.2, -0.15) is 0 Å². The number of fused-ring (bicyclic) bond motifs is 1. The molecule has 2 aromatic carbocycles. The number of hydrogen-bond acceptors (Lipinski definition) is 6. The van der Waals surface area contributed by atoms with E-state index in [0.29, 0.717) is 17.5 Å². The lowest BCUT2D eigenvalue weighted by atomic mass is 10.2. The van der Waals surface area contributed by atoms with E-state index in [9.17, 15) is 18.0 Å². The molecule has 0 radical (unpaired) electrons. The highest BCUT2D eigenvalue weighted by Crippen LogP contribution is 2.29. The number of benzene rings is 2. The fourth-order valence-electron chi connectivity index (χ4n) is 2.90. The monoisotopic (exact) mass is 496 g/mol. The van der Waals surface area contributed by atoms with Gasteiger partial charge in [0.2, 0.25) is 0 Å². The summed E-state index contributed by atoms with van der Waals surface area (Å²) in [6, 6.07) is 10.3. The van der Waals surface area contributed by atoms with Crippen molar-refractivity contribution in [2.75, 3.05) is 15.8 Å². The van der Waals surface area contributed by atoms with E-state index < -0.39 is 21.5 Å². The summed E-state index contributed by atoms with van der Waals surface area (Å²) in [4.78, 5) is 29.0. The molecular formula is C19H14Cl2N4O4S2. The van der Waals surface area contributed by atoms with E-state index in [1.807, 2.05) is 0 Å². The molecule has 1 amide bonds. The van der Waals surface area contributed by atoms with Gasteiger partial charge in [-0.25, -0.2) is 13.4 Å². The van der Waals surface area contributed by atoms with E-state index in [4.69, 9.17) is 23.2 Å². The van der Waals surface area contributed by atoms with Crippen LogP contribution >= 0.6 is 35.0 Å². The van der Waals surface area contributed by atoms with Gasteiger partial charge in [0.25, 0.3) is 21.5 Å². The zero-order valence-corrected chi connectivity index (χ0v) is 18.8. The van der Waals surface area contributed by atoms with Gasteiger partial charge < -0.3 is 5.32 Å². The Morgan fingerprint density at radius 2 is 1.90 bits per heavy atom. The second-order valence-corrected chi connectivity index (χ2v) is 9.97. The van der Waals surface area contributed by atoms with E-state index in [1.54, 1.807) is 18.2 Å². The number of halogens is 2. The molecule has 1 aliphatic heterocycles. The van der Waals surface area contributed by atoms with Gasteiger partial charge in [0.15, 0.2) is 5.16 Å². The van der Waals surface area contributed by atoms with Crippen LogP contribution in [0.2, 0.25) is 10.0 Å². The van der Waals surface area contributed by atoms with Crippen LogP contribution in [-0.2, 0) is 16.6 Å². The van der Waals surface area contributed by atoms with Gasteiger partial charge >= 0.3 is 0 Å². The third kappa shape index (κ3) is 4.42. The molecule has 0 unspecified atom stereocenters. The lowest BCUT2D eigenvalue weighted by molar-refractivity contribution is 0.102. The Hall–Kier alpha value is -2.53. The van der Waals surface area contributed by atoms with E-state index in [1.165, 1.54) is 46.8 Å². The summed E-state index contributed by atoms with van der Waals surface area (Å²) in [5.41, 5.74) is -0.257. The predicted molar refractivity (Wildman–Crippen MR) is 121 cm³/mol. The van der Waals surface area contributed by atoms with Crippen LogP contribution in [0.1, 0.15) is 10.4 Å². The van der Waals surface area contributed by atoms with Crippen molar-refractivity contribution in [2.45, 2.75) is 16.6 Å². The van der Waals surface area contributed by atoms with Crippen molar-refractivity contribution in [2.24, 2.45) is 0 Å². The van der Waals surface area contributed by atoms with Crippen LogP contribution in [0.25, 0.3) is 0 Å². The number of hydrogen-bond donors (Lipinski definition) is 2. The van der Waals surface area contributed by atoms with Crippen molar-refractivity contribution in [3.63, 3.8) is 0 Å². The summed E-state index contributed by atoms with van der Waals surface area (Å²) in [6.07, 6.45) is 1.22. The van der Waals surface area contributed by atoms with Crippen molar-refractivity contribution in [3.05, 3.63) is 74.6 Å². The van der Waals surface area contributed by atoms with Crippen LogP contribution in [0.5, 0.6) is 0 Å². The minimum absolute atomic E-state index is 0.0474. The number of nitrogens with one attached hydrogen (secondary N) is 2. The second-order valence-electron chi connectivity index (χ2n) is 6.44. The number of aromatic nitrogens is 2. The maximum atomic E-state index is 12.8. The van der Waals surface area contributed by atoms with Crippen molar-refractivity contribution in [1.29, 1.82) is 0 Å². The fourth-order valence-corrected chi connectivity index (χ4v) is 5.66. The Bertz CT molecular complexity index is 1360. The zero-order valence-electron chi connectivity index (χ0n) is 15.6. The molecule has 12 heteroatoms. The first-order valence-corrected chi connectivity index (χ1v) is 12.1. The van der Waals surface area contributed by atoms with Crippen LogP contribution in [-0.4, -0.2) is 29.6 Å². The number of carbonyl (C=O) groups is 1. The van der Waals surface area contributed by atoms with Crippen molar-refractivity contribution < 1.29 is 13.2 Å². The Balaban J connectivity index is 1.62. The van der Waals surface area contributed by atoms with E-state index >= 15 is 0 Å². The van der Waals surface area contributed by atoms with Crippen LogP contribution in [0.15, 0.2) is 63.5 Å². The Morgan fingerprint density at radius 1 is 1.13 bits per heavy atom. The van der Waals surface area contributed by atoms with Crippen LogP contribution in [0, 0.1) is 0 Å². The molecule has 0 spiro atoms. The normalized spacial score (nSPS) is 13.0. The molecule has 0 fully saturated rings. The summed E-state index contributed by atoms with van der Waals surface area (Å²) >= 11 is 13.6. The van der Waals surface area contributed by atoms with E-state index in [2.05, 4.69) is 15.0 Å². The maximum absolute atomic E-state index is 12.8.